The molecule has 5 nitrogen and oxygen atoms in total. The minimum Gasteiger partial charge on any atom is -0.478 e. The van der Waals surface area contributed by atoms with Crippen LogP contribution >= 0.6 is 0 Å². The molecule has 0 amide bonds. The van der Waals surface area contributed by atoms with Crippen molar-refractivity contribution in [3.8, 4) is 5.88 Å². The fourth-order valence-corrected chi connectivity index (χ4v) is 3.61. The molecule has 20 heavy (non-hydrogen) atoms. The van der Waals surface area contributed by atoms with Crippen LogP contribution in [-0.2, 0) is 0 Å². The Labute approximate surface area is 120 Å². The van der Waals surface area contributed by atoms with Crippen LogP contribution in [0.2, 0.25) is 0 Å². The van der Waals surface area contributed by atoms with Crippen molar-refractivity contribution in [1.29, 1.82) is 0 Å². The molecule has 0 aromatic carbocycles. The summed E-state index contributed by atoms with van der Waals surface area (Å²) in [6, 6.07) is 2.31. The maximum Gasteiger partial charge on any atom is 0.218 e. The van der Waals surface area contributed by atoms with Gasteiger partial charge in [0.2, 0.25) is 5.88 Å². The normalized spacial score (nSPS) is 29.4. The van der Waals surface area contributed by atoms with Crippen LogP contribution in [0, 0.1) is 18.8 Å². The molecule has 0 spiro atoms. The highest BCUT2D eigenvalue weighted by Crippen LogP contribution is 2.37. The Hall–Kier alpha value is -1.36. The minimum absolute atomic E-state index is 0.355. The van der Waals surface area contributed by atoms with Crippen molar-refractivity contribution in [1.82, 2.24) is 9.97 Å². The van der Waals surface area contributed by atoms with Gasteiger partial charge in [-0.25, -0.2) is 4.98 Å². The summed E-state index contributed by atoms with van der Waals surface area (Å²) in [4.78, 5) is 11.2. The van der Waals surface area contributed by atoms with Gasteiger partial charge in [-0.15, -0.1) is 0 Å². The third-order valence-electron chi connectivity index (χ3n) is 4.57. The van der Waals surface area contributed by atoms with E-state index < -0.39 is 0 Å². The van der Waals surface area contributed by atoms with E-state index in [0.717, 1.165) is 30.6 Å². The molecule has 3 atom stereocenters. The third kappa shape index (κ3) is 2.59. The standard InChI is InChI=1S/C15H24N4O/c1-3-20-15-7-14(17-10(2)18-15)19-8-11-5-4-6-13(16)12(11)9-19/h7,11-13H,3-6,8-9,16H2,1-2H3. The molecule has 5 heteroatoms. The quantitative estimate of drug-likeness (QED) is 0.911. The van der Waals surface area contributed by atoms with Gasteiger partial charge in [0, 0.05) is 25.2 Å². The molecular weight excluding hydrogens is 252 g/mol. The molecule has 2 heterocycles. The van der Waals surface area contributed by atoms with Crippen molar-refractivity contribution in [3.63, 3.8) is 0 Å². The molecule has 0 radical (unpaired) electrons. The van der Waals surface area contributed by atoms with Gasteiger partial charge in [0.1, 0.15) is 11.6 Å². The number of aryl methyl sites for hydroxylation is 1. The first-order chi connectivity index (χ1) is 9.67. The van der Waals surface area contributed by atoms with Gasteiger partial charge in [-0.3, -0.25) is 0 Å². The summed E-state index contributed by atoms with van der Waals surface area (Å²) < 4.78 is 5.52. The molecule has 1 aliphatic heterocycles. The number of hydrogen-bond acceptors (Lipinski definition) is 5. The Morgan fingerprint density at radius 1 is 1.35 bits per heavy atom. The summed E-state index contributed by atoms with van der Waals surface area (Å²) in [5, 5.41) is 0. The average molecular weight is 276 g/mol. The van der Waals surface area contributed by atoms with Crippen LogP contribution in [0.5, 0.6) is 5.88 Å². The van der Waals surface area contributed by atoms with E-state index in [0.29, 0.717) is 24.4 Å². The summed E-state index contributed by atoms with van der Waals surface area (Å²) in [7, 11) is 0. The topological polar surface area (TPSA) is 64.3 Å². The lowest BCUT2D eigenvalue weighted by Crippen LogP contribution is -2.38. The molecule has 1 aliphatic carbocycles. The van der Waals surface area contributed by atoms with Gasteiger partial charge in [-0.05, 0) is 38.5 Å². The summed E-state index contributed by atoms with van der Waals surface area (Å²) in [5.74, 6) is 3.78. The molecule has 2 aliphatic rings. The van der Waals surface area contributed by atoms with E-state index in [4.69, 9.17) is 10.5 Å². The Balaban J connectivity index is 1.80. The zero-order valence-electron chi connectivity index (χ0n) is 12.4. The van der Waals surface area contributed by atoms with Gasteiger partial charge < -0.3 is 15.4 Å². The molecule has 1 saturated carbocycles. The number of ether oxygens (including phenoxy) is 1. The van der Waals surface area contributed by atoms with Crippen LogP contribution in [0.1, 0.15) is 32.0 Å². The molecule has 3 unspecified atom stereocenters. The van der Waals surface area contributed by atoms with E-state index in [1.165, 1.54) is 19.3 Å². The highest BCUT2D eigenvalue weighted by atomic mass is 16.5. The number of rotatable bonds is 3. The fraction of sp³-hybridized carbons (Fsp3) is 0.733. The van der Waals surface area contributed by atoms with Crippen molar-refractivity contribution in [2.75, 3.05) is 24.6 Å². The number of fused-ring (bicyclic) bond motifs is 1. The first-order valence-electron chi connectivity index (χ1n) is 7.66. The SMILES string of the molecule is CCOc1cc(N2CC3CCCC(N)C3C2)nc(C)n1. The van der Waals surface area contributed by atoms with Gasteiger partial charge in [-0.1, -0.05) is 6.42 Å². The Bertz CT molecular complexity index is 479. The monoisotopic (exact) mass is 276 g/mol. The molecular formula is C15H24N4O. The van der Waals surface area contributed by atoms with Crippen LogP contribution in [0.4, 0.5) is 5.82 Å². The summed E-state index contributed by atoms with van der Waals surface area (Å²) >= 11 is 0. The van der Waals surface area contributed by atoms with Crippen LogP contribution in [-0.4, -0.2) is 35.7 Å². The predicted molar refractivity (Wildman–Crippen MR) is 79.0 cm³/mol. The van der Waals surface area contributed by atoms with E-state index in [-0.39, 0.29) is 0 Å². The van der Waals surface area contributed by atoms with E-state index in [1.807, 2.05) is 19.9 Å². The Kier molecular flexibility index (Phi) is 3.78. The fourth-order valence-electron chi connectivity index (χ4n) is 3.61. The van der Waals surface area contributed by atoms with Crippen LogP contribution in [0.15, 0.2) is 6.07 Å². The molecule has 110 valence electrons. The largest absolute Gasteiger partial charge is 0.478 e. The maximum absolute atomic E-state index is 6.28. The van der Waals surface area contributed by atoms with Crippen molar-refractivity contribution in [2.45, 2.75) is 39.2 Å². The molecule has 1 saturated heterocycles. The Morgan fingerprint density at radius 2 is 2.20 bits per heavy atom. The molecule has 2 fully saturated rings. The molecule has 2 N–H and O–H groups in total. The zero-order valence-corrected chi connectivity index (χ0v) is 12.4. The van der Waals surface area contributed by atoms with Gasteiger partial charge in [-0.2, -0.15) is 4.98 Å². The first-order valence-corrected chi connectivity index (χ1v) is 7.66. The second kappa shape index (κ2) is 5.56. The van der Waals surface area contributed by atoms with Crippen molar-refractivity contribution in [2.24, 2.45) is 17.6 Å². The molecule has 1 aromatic heterocycles. The highest BCUT2D eigenvalue weighted by molar-refractivity contribution is 5.43. The molecule has 0 bridgehead atoms. The number of nitrogens with two attached hydrogens (primary N) is 1. The van der Waals surface area contributed by atoms with E-state index >= 15 is 0 Å². The Morgan fingerprint density at radius 3 is 2.95 bits per heavy atom. The molecule has 1 aromatic rings. The summed E-state index contributed by atoms with van der Waals surface area (Å²) in [5.41, 5.74) is 6.28. The lowest BCUT2D eigenvalue weighted by atomic mass is 9.78. The number of hydrogen-bond donors (Lipinski definition) is 1. The summed E-state index contributed by atoms with van der Waals surface area (Å²) in [6.45, 7) is 6.61. The van der Waals surface area contributed by atoms with Crippen LogP contribution in [0.25, 0.3) is 0 Å². The van der Waals surface area contributed by atoms with Gasteiger partial charge in [0.25, 0.3) is 0 Å². The number of aromatic nitrogens is 2. The average Bonchev–Trinajstić information content (AvgIpc) is 2.84. The lowest BCUT2D eigenvalue weighted by Gasteiger charge is -2.29. The van der Waals surface area contributed by atoms with Crippen LogP contribution < -0.4 is 15.4 Å². The van der Waals surface area contributed by atoms with Gasteiger partial charge in [0.05, 0.1) is 6.61 Å². The predicted octanol–water partition coefficient (Wildman–Crippen LogP) is 1.75. The second-order valence-electron chi connectivity index (χ2n) is 5.97. The maximum atomic E-state index is 6.28. The summed E-state index contributed by atoms with van der Waals surface area (Å²) in [6.07, 6.45) is 3.74. The van der Waals surface area contributed by atoms with Crippen molar-refractivity contribution in [3.05, 3.63) is 11.9 Å². The van der Waals surface area contributed by atoms with E-state index in [2.05, 4.69) is 14.9 Å². The second-order valence-corrected chi connectivity index (χ2v) is 5.97. The van der Waals surface area contributed by atoms with Gasteiger partial charge in [0.15, 0.2) is 0 Å². The van der Waals surface area contributed by atoms with E-state index in [1.54, 1.807) is 0 Å². The smallest absolute Gasteiger partial charge is 0.218 e. The first kappa shape index (κ1) is 13.6. The zero-order chi connectivity index (χ0) is 14.1. The third-order valence-corrected chi connectivity index (χ3v) is 4.57. The minimum atomic E-state index is 0.355. The number of nitrogens with zero attached hydrogens (tertiary/aromatic N) is 3. The van der Waals surface area contributed by atoms with E-state index in [9.17, 15) is 0 Å². The van der Waals surface area contributed by atoms with Crippen molar-refractivity contribution < 1.29 is 4.74 Å². The van der Waals surface area contributed by atoms with Gasteiger partial charge >= 0.3 is 0 Å². The molecule has 3 rings (SSSR count). The lowest BCUT2D eigenvalue weighted by molar-refractivity contribution is 0.260. The highest BCUT2D eigenvalue weighted by Gasteiger charge is 2.39. The van der Waals surface area contributed by atoms with Crippen LogP contribution in [0.3, 0.4) is 0 Å². The number of anilines is 1. The van der Waals surface area contributed by atoms with Crippen molar-refractivity contribution >= 4 is 5.82 Å².